The first-order valence-corrected chi connectivity index (χ1v) is 9.00. The van der Waals surface area contributed by atoms with Crippen molar-refractivity contribution in [1.29, 1.82) is 0 Å². The van der Waals surface area contributed by atoms with E-state index in [9.17, 15) is 9.59 Å². The molecule has 3 rings (SSSR count). The van der Waals surface area contributed by atoms with Gasteiger partial charge in [-0.15, -0.1) is 0 Å². The molecule has 2 amide bonds. The first-order valence-electron chi connectivity index (χ1n) is 9.00. The molecule has 1 aliphatic heterocycles. The van der Waals surface area contributed by atoms with Gasteiger partial charge in [0.15, 0.2) is 0 Å². The Hall–Kier alpha value is -1.92. The minimum atomic E-state index is -0.0816. The van der Waals surface area contributed by atoms with Gasteiger partial charge < -0.3 is 10.2 Å². The molecule has 132 valence electrons. The molecule has 24 heavy (non-hydrogen) atoms. The number of piperidine rings is 1. The number of rotatable bonds is 5. The Bertz CT molecular complexity index is 606. The van der Waals surface area contributed by atoms with Gasteiger partial charge in [-0.05, 0) is 33.1 Å². The highest BCUT2D eigenvalue weighted by atomic mass is 16.2. The van der Waals surface area contributed by atoms with Crippen molar-refractivity contribution in [2.75, 3.05) is 13.1 Å². The number of hydrogen-bond acceptors (Lipinski definition) is 4. The van der Waals surface area contributed by atoms with Crippen molar-refractivity contribution in [3.8, 4) is 0 Å². The molecule has 1 atom stereocenters. The van der Waals surface area contributed by atoms with Crippen LogP contribution in [0.1, 0.15) is 50.2 Å². The van der Waals surface area contributed by atoms with E-state index in [4.69, 9.17) is 0 Å². The van der Waals surface area contributed by atoms with E-state index in [-0.39, 0.29) is 17.7 Å². The van der Waals surface area contributed by atoms with Crippen LogP contribution < -0.4 is 5.32 Å². The second kappa shape index (κ2) is 7.32. The Balaban J connectivity index is 1.49. The summed E-state index contributed by atoms with van der Waals surface area (Å²) in [6.45, 7) is 5.51. The van der Waals surface area contributed by atoms with Crippen LogP contribution in [0.2, 0.25) is 0 Å². The Labute approximate surface area is 142 Å². The van der Waals surface area contributed by atoms with E-state index in [1.807, 2.05) is 23.4 Å². The number of likely N-dealkylation sites (tertiary alicyclic amines) is 1. The normalized spacial score (nSPS) is 22.2. The zero-order valence-corrected chi connectivity index (χ0v) is 14.6. The number of nitrogens with zero attached hydrogens (tertiary/aromatic N) is 4. The van der Waals surface area contributed by atoms with Gasteiger partial charge in [0.1, 0.15) is 11.6 Å². The van der Waals surface area contributed by atoms with Gasteiger partial charge in [0.25, 0.3) is 0 Å². The number of aryl methyl sites for hydroxylation is 2. The Kier molecular flexibility index (Phi) is 5.16. The van der Waals surface area contributed by atoms with Crippen molar-refractivity contribution in [3.63, 3.8) is 0 Å². The van der Waals surface area contributed by atoms with E-state index in [2.05, 4.69) is 15.4 Å². The van der Waals surface area contributed by atoms with Gasteiger partial charge in [-0.3, -0.25) is 9.59 Å². The molecule has 0 spiro atoms. The van der Waals surface area contributed by atoms with E-state index in [0.29, 0.717) is 38.5 Å². The summed E-state index contributed by atoms with van der Waals surface area (Å²) in [4.78, 5) is 30.8. The fourth-order valence-corrected chi connectivity index (χ4v) is 3.86. The third-order valence-electron chi connectivity index (χ3n) is 5.17. The van der Waals surface area contributed by atoms with Crippen molar-refractivity contribution in [3.05, 3.63) is 11.6 Å². The highest BCUT2D eigenvalue weighted by Crippen LogP contribution is 2.28. The van der Waals surface area contributed by atoms with E-state index >= 15 is 0 Å². The highest BCUT2D eigenvalue weighted by molar-refractivity contribution is 5.84. The van der Waals surface area contributed by atoms with Crippen LogP contribution in [0, 0.1) is 19.8 Å². The molecule has 2 heterocycles. The molecule has 1 saturated carbocycles. The van der Waals surface area contributed by atoms with Gasteiger partial charge in [-0.25, -0.2) is 9.67 Å². The SMILES string of the molecule is Cc1nc(C)n(CCNC(=O)[C@@H]2CCC(=O)N(C3CCCC3)C2)n1. The summed E-state index contributed by atoms with van der Waals surface area (Å²) < 4.78 is 1.81. The lowest BCUT2D eigenvalue weighted by molar-refractivity contribution is -0.140. The van der Waals surface area contributed by atoms with Crippen LogP contribution >= 0.6 is 0 Å². The predicted molar refractivity (Wildman–Crippen MR) is 89.2 cm³/mol. The molecule has 0 radical (unpaired) electrons. The van der Waals surface area contributed by atoms with Gasteiger partial charge in [-0.1, -0.05) is 12.8 Å². The molecule has 1 N–H and O–H groups in total. The fraction of sp³-hybridized carbons (Fsp3) is 0.765. The molecule has 1 saturated heterocycles. The first-order chi connectivity index (χ1) is 11.5. The number of aromatic nitrogens is 3. The second-order valence-electron chi connectivity index (χ2n) is 6.94. The maximum absolute atomic E-state index is 12.5. The van der Waals surface area contributed by atoms with Crippen LogP contribution in [-0.4, -0.2) is 50.6 Å². The average molecular weight is 333 g/mol. The summed E-state index contributed by atoms with van der Waals surface area (Å²) >= 11 is 0. The zero-order valence-electron chi connectivity index (χ0n) is 14.6. The van der Waals surface area contributed by atoms with Crippen LogP contribution in [-0.2, 0) is 16.1 Å². The van der Waals surface area contributed by atoms with Gasteiger partial charge in [0.2, 0.25) is 11.8 Å². The lowest BCUT2D eigenvalue weighted by Crippen LogP contribution is -2.49. The van der Waals surface area contributed by atoms with E-state index < -0.39 is 0 Å². The Morgan fingerprint density at radius 2 is 2.00 bits per heavy atom. The summed E-state index contributed by atoms with van der Waals surface area (Å²) in [6, 6.07) is 0.355. The molecular weight excluding hydrogens is 306 g/mol. The number of hydrogen-bond donors (Lipinski definition) is 1. The molecule has 2 fully saturated rings. The molecule has 7 heteroatoms. The lowest BCUT2D eigenvalue weighted by Gasteiger charge is -2.36. The predicted octanol–water partition coefficient (Wildman–Crippen LogP) is 1.19. The van der Waals surface area contributed by atoms with Crippen LogP contribution in [0.25, 0.3) is 0 Å². The topological polar surface area (TPSA) is 80.1 Å². The molecule has 1 aromatic heterocycles. The Morgan fingerprint density at radius 3 is 2.67 bits per heavy atom. The number of carbonyl (C=O) groups is 2. The third-order valence-corrected chi connectivity index (χ3v) is 5.17. The Morgan fingerprint density at radius 1 is 1.25 bits per heavy atom. The quantitative estimate of drug-likeness (QED) is 0.878. The summed E-state index contributed by atoms with van der Waals surface area (Å²) in [5, 5.41) is 7.29. The highest BCUT2D eigenvalue weighted by Gasteiger charge is 2.34. The van der Waals surface area contributed by atoms with Crippen molar-refractivity contribution in [2.24, 2.45) is 5.92 Å². The number of nitrogens with one attached hydrogen (secondary N) is 1. The summed E-state index contributed by atoms with van der Waals surface area (Å²) in [5.74, 6) is 1.80. The van der Waals surface area contributed by atoms with Crippen molar-refractivity contribution in [2.45, 2.75) is 65.0 Å². The van der Waals surface area contributed by atoms with Crippen molar-refractivity contribution >= 4 is 11.8 Å². The molecule has 0 bridgehead atoms. The maximum atomic E-state index is 12.5. The van der Waals surface area contributed by atoms with Crippen molar-refractivity contribution < 1.29 is 9.59 Å². The van der Waals surface area contributed by atoms with Crippen LogP contribution in [0.5, 0.6) is 0 Å². The van der Waals surface area contributed by atoms with E-state index in [0.717, 1.165) is 24.5 Å². The number of amides is 2. The summed E-state index contributed by atoms with van der Waals surface area (Å²) in [5.41, 5.74) is 0. The second-order valence-corrected chi connectivity index (χ2v) is 6.94. The zero-order chi connectivity index (χ0) is 17.1. The molecule has 0 aromatic carbocycles. The molecule has 0 unspecified atom stereocenters. The van der Waals surface area contributed by atoms with Gasteiger partial charge in [-0.2, -0.15) is 5.10 Å². The van der Waals surface area contributed by atoms with Crippen molar-refractivity contribution in [1.82, 2.24) is 25.0 Å². The standard InChI is InChI=1S/C17H27N5O2/c1-12-19-13(2)22(20-12)10-9-18-17(24)14-7-8-16(23)21(11-14)15-5-3-4-6-15/h14-15H,3-11H2,1-2H3,(H,18,24)/t14-/m1/s1. The average Bonchev–Trinajstić information content (AvgIpc) is 3.18. The summed E-state index contributed by atoms with van der Waals surface area (Å²) in [7, 11) is 0. The molecule has 1 aromatic rings. The van der Waals surface area contributed by atoms with Crippen LogP contribution in [0.15, 0.2) is 0 Å². The van der Waals surface area contributed by atoms with Gasteiger partial charge >= 0.3 is 0 Å². The molecular formula is C17H27N5O2. The van der Waals surface area contributed by atoms with E-state index in [1.165, 1.54) is 12.8 Å². The first kappa shape index (κ1) is 16.9. The molecule has 7 nitrogen and oxygen atoms in total. The largest absolute Gasteiger partial charge is 0.354 e. The molecule has 2 aliphatic rings. The third kappa shape index (κ3) is 3.76. The number of carbonyl (C=O) groups excluding carboxylic acids is 2. The van der Waals surface area contributed by atoms with Gasteiger partial charge in [0.05, 0.1) is 12.5 Å². The fourth-order valence-electron chi connectivity index (χ4n) is 3.86. The molecule has 1 aliphatic carbocycles. The van der Waals surface area contributed by atoms with Gasteiger partial charge in [0, 0.05) is 25.6 Å². The summed E-state index contributed by atoms with van der Waals surface area (Å²) in [6.07, 6.45) is 5.73. The minimum Gasteiger partial charge on any atom is -0.354 e. The van der Waals surface area contributed by atoms with E-state index in [1.54, 1.807) is 0 Å². The lowest BCUT2D eigenvalue weighted by atomic mass is 9.95. The van der Waals surface area contributed by atoms with Crippen LogP contribution in [0.3, 0.4) is 0 Å². The monoisotopic (exact) mass is 333 g/mol. The smallest absolute Gasteiger partial charge is 0.224 e. The minimum absolute atomic E-state index is 0.0555. The maximum Gasteiger partial charge on any atom is 0.224 e. The van der Waals surface area contributed by atoms with Crippen LogP contribution in [0.4, 0.5) is 0 Å².